The number of benzene rings is 1. The molecule has 16 heavy (non-hydrogen) atoms. The van der Waals surface area contributed by atoms with Gasteiger partial charge in [0.15, 0.2) is 0 Å². The lowest BCUT2D eigenvalue weighted by molar-refractivity contribution is 0.610. The summed E-state index contributed by atoms with van der Waals surface area (Å²) >= 11 is 0. The second-order valence-electron chi connectivity index (χ2n) is 3.63. The fourth-order valence-electron chi connectivity index (χ4n) is 1.26. The van der Waals surface area contributed by atoms with Crippen molar-refractivity contribution in [1.29, 1.82) is 5.26 Å². The van der Waals surface area contributed by atoms with Gasteiger partial charge in [-0.2, -0.15) is 5.26 Å². The van der Waals surface area contributed by atoms with Crippen molar-refractivity contribution in [3.63, 3.8) is 0 Å². The highest BCUT2D eigenvalue weighted by molar-refractivity contribution is 7.84. The Morgan fingerprint density at radius 2 is 2.25 bits per heavy atom. The molecule has 2 nitrogen and oxygen atoms in total. The number of hydrogen-bond acceptors (Lipinski definition) is 2. The highest BCUT2D eigenvalue weighted by atomic mass is 32.2. The molecule has 0 aromatic heterocycles. The van der Waals surface area contributed by atoms with Crippen LogP contribution in [0.25, 0.3) is 0 Å². The lowest BCUT2D eigenvalue weighted by atomic mass is 10.1. The van der Waals surface area contributed by atoms with Crippen LogP contribution in [-0.4, -0.2) is 9.46 Å². The molecule has 0 fully saturated rings. The van der Waals surface area contributed by atoms with Crippen LogP contribution in [0.5, 0.6) is 0 Å². The van der Waals surface area contributed by atoms with Crippen LogP contribution in [0.4, 0.5) is 4.39 Å². The molecule has 1 rings (SSSR count). The van der Waals surface area contributed by atoms with E-state index in [4.69, 9.17) is 5.26 Å². The fourth-order valence-corrected chi connectivity index (χ4v) is 2.44. The van der Waals surface area contributed by atoms with Crippen molar-refractivity contribution in [2.45, 2.75) is 31.3 Å². The SMILES string of the molecule is CCC(C)S(=O)Cc1cccc(C#N)c1F. The zero-order valence-corrected chi connectivity index (χ0v) is 10.2. The molecule has 0 radical (unpaired) electrons. The molecule has 1 aromatic rings. The zero-order valence-electron chi connectivity index (χ0n) is 9.37. The lowest BCUT2D eigenvalue weighted by Crippen LogP contribution is -2.12. The summed E-state index contributed by atoms with van der Waals surface area (Å²) in [7, 11) is -1.09. The van der Waals surface area contributed by atoms with Gasteiger partial charge in [-0.05, 0) is 12.5 Å². The predicted molar refractivity (Wildman–Crippen MR) is 62.7 cm³/mol. The van der Waals surface area contributed by atoms with E-state index in [1.54, 1.807) is 18.2 Å². The molecule has 0 heterocycles. The summed E-state index contributed by atoms with van der Waals surface area (Å²) in [6.07, 6.45) is 0.798. The standard InChI is InChI=1S/C12H14FNOS/c1-3-9(2)16(15)8-11-6-4-5-10(7-14)12(11)13/h4-6,9H,3,8H2,1-2H3. The molecular formula is C12H14FNOS. The predicted octanol–water partition coefficient (Wildman–Crippen LogP) is 2.74. The number of nitriles is 1. The van der Waals surface area contributed by atoms with Gasteiger partial charge >= 0.3 is 0 Å². The van der Waals surface area contributed by atoms with Gasteiger partial charge in [-0.1, -0.05) is 26.0 Å². The highest BCUT2D eigenvalue weighted by Gasteiger charge is 2.14. The van der Waals surface area contributed by atoms with Gasteiger partial charge in [0.2, 0.25) is 0 Å². The fraction of sp³-hybridized carbons (Fsp3) is 0.417. The van der Waals surface area contributed by atoms with Crippen molar-refractivity contribution < 1.29 is 8.60 Å². The summed E-state index contributed by atoms with van der Waals surface area (Å²) in [5.41, 5.74) is 0.372. The van der Waals surface area contributed by atoms with Gasteiger partial charge in [0.25, 0.3) is 0 Å². The van der Waals surface area contributed by atoms with Crippen LogP contribution in [-0.2, 0) is 16.6 Å². The van der Waals surface area contributed by atoms with E-state index in [-0.39, 0.29) is 16.6 Å². The zero-order chi connectivity index (χ0) is 12.1. The topological polar surface area (TPSA) is 40.9 Å². The molecule has 0 N–H and O–H groups in total. The van der Waals surface area contributed by atoms with Crippen LogP contribution in [0.3, 0.4) is 0 Å². The van der Waals surface area contributed by atoms with Crippen LogP contribution in [0.2, 0.25) is 0 Å². The molecular weight excluding hydrogens is 225 g/mol. The van der Waals surface area contributed by atoms with Gasteiger partial charge in [0.05, 0.1) is 11.3 Å². The van der Waals surface area contributed by atoms with Crippen molar-refractivity contribution in [3.8, 4) is 6.07 Å². The second-order valence-corrected chi connectivity index (χ2v) is 5.49. The summed E-state index contributed by atoms with van der Waals surface area (Å²) < 4.78 is 25.4. The van der Waals surface area contributed by atoms with Crippen LogP contribution < -0.4 is 0 Å². The van der Waals surface area contributed by atoms with Crippen LogP contribution in [0.1, 0.15) is 31.4 Å². The molecule has 1 aromatic carbocycles. The molecule has 0 saturated heterocycles. The summed E-state index contributed by atoms with van der Waals surface area (Å²) in [6, 6.07) is 6.40. The van der Waals surface area contributed by atoms with E-state index in [1.165, 1.54) is 6.07 Å². The molecule has 4 heteroatoms. The summed E-state index contributed by atoms with van der Waals surface area (Å²) in [6.45, 7) is 3.83. The Balaban J connectivity index is 2.91. The number of rotatable bonds is 4. The third kappa shape index (κ3) is 2.89. The number of hydrogen-bond donors (Lipinski definition) is 0. The summed E-state index contributed by atoms with van der Waals surface area (Å²) in [5.74, 6) is -0.363. The first-order chi connectivity index (χ1) is 7.60. The molecule has 86 valence electrons. The first-order valence-electron chi connectivity index (χ1n) is 5.14. The Hall–Kier alpha value is -1.21. The molecule has 2 unspecified atom stereocenters. The maximum atomic E-state index is 13.6. The van der Waals surface area contributed by atoms with E-state index >= 15 is 0 Å². The average molecular weight is 239 g/mol. The first-order valence-corrected chi connectivity index (χ1v) is 6.53. The third-order valence-corrected chi connectivity index (χ3v) is 4.35. The molecule has 0 aliphatic heterocycles. The minimum Gasteiger partial charge on any atom is -0.259 e. The largest absolute Gasteiger partial charge is 0.259 e. The molecule has 0 spiro atoms. The minimum atomic E-state index is -1.09. The molecule has 0 aliphatic carbocycles. The van der Waals surface area contributed by atoms with Gasteiger partial charge in [-0.15, -0.1) is 0 Å². The molecule has 2 atom stereocenters. The van der Waals surface area contributed by atoms with Crippen LogP contribution >= 0.6 is 0 Å². The van der Waals surface area contributed by atoms with Crippen molar-refractivity contribution in [3.05, 3.63) is 35.1 Å². The number of halogens is 1. The Morgan fingerprint density at radius 1 is 1.56 bits per heavy atom. The second kappa shape index (κ2) is 5.76. The van der Waals surface area contributed by atoms with Crippen LogP contribution in [0.15, 0.2) is 18.2 Å². The maximum absolute atomic E-state index is 13.6. The van der Waals surface area contributed by atoms with Crippen LogP contribution in [0, 0.1) is 17.1 Å². The van der Waals surface area contributed by atoms with Gasteiger partial charge in [0, 0.05) is 21.6 Å². The van der Waals surface area contributed by atoms with E-state index in [2.05, 4.69) is 0 Å². The van der Waals surface area contributed by atoms with Crippen molar-refractivity contribution in [2.75, 3.05) is 0 Å². The average Bonchev–Trinajstić information content (AvgIpc) is 2.30. The smallest absolute Gasteiger partial charge is 0.145 e. The van der Waals surface area contributed by atoms with E-state index in [9.17, 15) is 8.60 Å². The van der Waals surface area contributed by atoms with E-state index in [1.807, 2.05) is 13.8 Å². The van der Waals surface area contributed by atoms with Gasteiger partial charge in [-0.25, -0.2) is 4.39 Å². The molecule has 0 bridgehead atoms. The van der Waals surface area contributed by atoms with E-state index in [0.29, 0.717) is 5.56 Å². The normalized spacial score (nSPS) is 14.1. The Kier molecular flexibility index (Phi) is 4.63. The molecule has 0 aliphatic rings. The highest BCUT2D eigenvalue weighted by Crippen LogP contribution is 2.16. The minimum absolute atomic E-state index is 0.0126. The van der Waals surface area contributed by atoms with Gasteiger partial charge < -0.3 is 0 Å². The van der Waals surface area contributed by atoms with E-state index < -0.39 is 16.6 Å². The Morgan fingerprint density at radius 3 is 2.81 bits per heavy atom. The Bertz CT molecular complexity index is 439. The van der Waals surface area contributed by atoms with Crippen molar-refractivity contribution >= 4 is 10.8 Å². The molecule has 0 saturated carbocycles. The monoisotopic (exact) mass is 239 g/mol. The van der Waals surface area contributed by atoms with E-state index in [0.717, 1.165) is 6.42 Å². The maximum Gasteiger partial charge on any atom is 0.145 e. The van der Waals surface area contributed by atoms with Gasteiger partial charge in [0.1, 0.15) is 11.9 Å². The number of nitrogens with zero attached hydrogens (tertiary/aromatic N) is 1. The lowest BCUT2D eigenvalue weighted by Gasteiger charge is -2.09. The first kappa shape index (κ1) is 12.9. The quantitative estimate of drug-likeness (QED) is 0.810. The molecule has 0 amide bonds. The summed E-state index contributed by atoms with van der Waals surface area (Å²) in [5, 5.41) is 8.71. The van der Waals surface area contributed by atoms with Gasteiger partial charge in [-0.3, -0.25) is 4.21 Å². The van der Waals surface area contributed by atoms with Crippen molar-refractivity contribution in [2.24, 2.45) is 0 Å². The van der Waals surface area contributed by atoms with Crippen molar-refractivity contribution in [1.82, 2.24) is 0 Å². The summed E-state index contributed by atoms with van der Waals surface area (Å²) in [4.78, 5) is 0. The third-order valence-electron chi connectivity index (χ3n) is 2.52. The Labute approximate surface area is 97.6 Å².